The van der Waals surface area contributed by atoms with E-state index in [1.54, 1.807) is 0 Å². The lowest BCUT2D eigenvalue weighted by Gasteiger charge is -2.35. The molecule has 0 bridgehead atoms. The number of methoxy groups -OCH3 is 1. The van der Waals surface area contributed by atoms with E-state index in [-0.39, 0.29) is 5.97 Å². The average Bonchev–Trinajstić information content (AvgIpc) is 2.39. The summed E-state index contributed by atoms with van der Waals surface area (Å²) in [5.41, 5.74) is 1.29. The van der Waals surface area contributed by atoms with Gasteiger partial charge in [0.2, 0.25) is 0 Å². The molecule has 106 valence electrons. The minimum atomic E-state index is -0.714. The summed E-state index contributed by atoms with van der Waals surface area (Å²) < 4.78 is 10.4. The molecule has 0 spiro atoms. The number of hydrogen-bond donors (Lipinski definition) is 0. The van der Waals surface area contributed by atoms with Crippen molar-refractivity contribution in [3.63, 3.8) is 0 Å². The minimum Gasteiger partial charge on any atom is -0.494 e. The Kier molecular flexibility index (Phi) is 4.81. The van der Waals surface area contributed by atoms with Crippen LogP contribution in [0.15, 0.2) is 18.2 Å². The van der Waals surface area contributed by atoms with Crippen LogP contribution in [0, 0.1) is 6.92 Å². The summed E-state index contributed by atoms with van der Waals surface area (Å²) in [7, 11) is 3.29. The van der Waals surface area contributed by atoms with Gasteiger partial charge in [-0.2, -0.15) is 0 Å². The van der Waals surface area contributed by atoms with Gasteiger partial charge in [-0.25, -0.2) is 4.79 Å². The van der Waals surface area contributed by atoms with E-state index in [2.05, 4.69) is 0 Å². The third-order valence-corrected chi connectivity index (χ3v) is 3.37. The van der Waals surface area contributed by atoms with E-state index in [0.29, 0.717) is 6.61 Å². The molecule has 4 nitrogen and oxygen atoms in total. The summed E-state index contributed by atoms with van der Waals surface area (Å²) in [6.45, 7) is 8.27. The number of carbonyl (C=O) groups excluding carboxylic acids is 1. The molecule has 0 saturated carbocycles. The molecular weight excluding hydrogens is 242 g/mol. The number of rotatable bonds is 5. The van der Waals surface area contributed by atoms with Crippen LogP contribution in [-0.4, -0.2) is 32.3 Å². The second-order valence-electron chi connectivity index (χ2n) is 4.99. The minimum absolute atomic E-state index is 0.262. The van der Waals surface area contributed by atoms with Crippen molar-refractivity contribution in [2.75, 3.05) is 25.7 Å². The zero-order chi connectivity index (χ0) is 14.6. The van der Waals surface area contributed by atoms with Crippen LogP contribution in [-0.2, 0) is 9.53 Å². The molecule has 0 aliphatic heterocycles. The number of likely N-dealkylation sites (N-methyl/N-ethyl adjacent to an activating group) is 1. The molecule has 1 rings (SSSR count). The van der Waals surface area contributed by atoms with Gasteiger partial charge in [0.25, 0.3) is 0 Å². The van der Waals surface area contributed by atoms with Crippen LogP contribution in [0.1, 0.15) is 26.3 Å². The fraction of sp³-hybridized carbons (Fsp3) is 0.533. The average molecular weight is 265 g/mol. The van der Waals surface area contributed by atoms with Gasteiger partial charge in [0.15, 0.2) is 0 Å². The Morgan fingerprint density at radius 3 is 2.47 bits per heavy atom. The molecule has 1 aromatic carbocycles. The van der Waals surface area contributed by atoms with Gasteiger partial charge in [0, 0.05) is 12.7 Å². The molecule has 0 saturated heterocycles. The zero-order valence-electron chi connectivity index (χ0n) is 12.6. The topological polar surface area (TPSA) is 38.8 Å². The predicted molar refractivity (Wildman–Crippen MR) is 76.8 cm³/mol. The Hall–Kier alpha value is -1.71. The lowest BCUT2D eigenvalue weighted by Crippen LogP contribution is -2.48. The molecule has 0 unspecified atom stereocenters. The Balaban J connectivity index is 3.03. The maximum absolute atomic E-state index is 11.8. The van der Waals surface area contributed by atoms with Gasteiger partial charge in [-0.15, -0.1) is 0 Å². The molecule has 4 heteroatoms. The van der Waals surface area contributed by atoms with Crippen LogP contribution in [0.2, 0.25) is 0 Å². The first-order valence-electron chi connectivity index (χ1n) is 6.40. The van der Waals surface area contributed by atoms with E-state index in [9.17, 15) is 4.79 Å². The second kappa shape index (κ2) is 5.95. The predicted octanol–water partition coefficient (Wildman–Crippen LogP) is 2.78. The van der Waals surface area contributed by atoms with Crippen molar-refractivity contribution < 1.29 is 14.3 Å². The van der Waals surface area contributed by atoms with Gasteiger partial charge >= 0.3 is 5.97 Å². The number of anilines is 1. The van der Waals surface area contributed by atoms with E-state index >= 15 is 0 Å². The van der Waals surface area contributed by atoms with Crippen molar-refractivity contribution >= 4 is 11.7 Å². The van der Waals surface area contributed by atoms with Gasteiger partial charge in [0.05, 0.1) is 13.7 Å². The van der Waals surface area contributed by atoms with Gasteiger partial charge in [-0.3, -0.25) is 0 Å². The lowest BCUT2D eigenvalue weighted by atomic mass is 10.0. The molecule has 0 fully saturated rings. The summed E-state index contributed by atoms with van der Waals surface area (Å²) in [5.74, 6) is 0.608. The Morgan fingerprint density at radius 1 is 1.37 bits per heavy atom. The van der Waals surface area contributed by atoms with Crippen LogP contribution in [0.5, 0.6) is 5.75 Å². The lowest BCUT2D eigenvalue weighted by molar-refractivity contribution is -0.145. The van der Waals surface area contributed by atoms with Crippen molar-refractivity contribution in [2.45, 2.75) is 33.2 Å². The van der Waals surface area contributed by atoms with Crippen LogP contribution >= 0.6 is 0 Å². The molecule has 19 heavy (non-hydrogen) atoms. The SMILES string of the molecule is CCOc1ccc(N(C)C(C)(C)C(=O)OC)cc1C. The van der Waals surface area contributed by atoms with Crippen molar-refractivity contribution in [1.82, 2.24) is 0 Å². The summed E-state index contributed by atoms with van der Waals surface area (Å²) in [6.07, 6.45) is 0. The molecule has 0 N–H and O–H groups in total. The maximum Gasteiger partial charge on any atom is 0.331 e. The fourth-order valence-electron chi connectivity index (χ4n) is 1.87. The van der Waals surface area contributed by atoms with E-state index in [1.165, 1.54) is 7.11 Å². The Bertz CT molecular complexity index is 455. The number of benzene rings is 1. The zero-order valence-corrected chi connectivity index (χ0v) is 12.6. The molecule has 1 aromatic rings. The van der Waals surface area contributed by atoms with Crippen LogP contribution in [0.25, 0.3) is 0 Å². The second-order valence-corrected chi connectivity index (χ2v) is 4.99. The normalized spacial score (nSPS) is 11.1. The number of carbonyl (C=O) groups is 1. The van der Waals surface area contributed by atoms with Crippen molar-refractivity contribution in [3.8, 4) is 5.75 Å². The van der Waals surface area contributed by atoms with Crippen molar-refractivity contribution in [2.24, 2.45) is 0 Å². The third kappa shape index (κ3) is 3.19. The van der Waals surface area contributed by atoms with E-state index < -0.39 is 5.54 Å². The molecule has 0 atom stereocenters. The van der Waals surface area contributed by atoms with Crippen LogP contribution in [0.3, 0.4) is 0 Å². The third-order valence-electron chi connectivity index (χ3n) is 3.37. The summed E-state index contributed by atoms with van der Waals surface area (Å²) in [5, 5.41) is 0. The monoisotopic (exact) mass is 265 g/mol. The molecule has 0 heterocycles. The number of nitrogens with zero attached hydrogens (tertiary/aromatic N) is 1. The van der Waals surface area contributed by atoms with Crippen molar-refractivity contribution in [1.29, 1.82) is 0 Å². The molecule has 0 amide bonds. The highest BCUT2D eigenvalue weighted by Crippen LogP contribution is 2.28. The maximum atomic E-state index is 11.8. The van der Waals surface area contributed by atoms with E-state index in [4.69, 9.17) is 9.47 Å². The molecular formula is C15H23NO3. The molecule has 0 aliphatic rings. The van der Waals surface area contributed by atoms with Crippen LogP contribution in [0.4, 0.5) is 5.69 Å². The first-order valence-corrected chi connectivity index (χ1v) is 6.40. The van der Waals surface area contributed by atoms with Gasteiger partial charge in [0.1, 0.15) is 11.3 Å². The number of ether oxygens (including phenoxy) is 2. The summed E-state index contributed by atoms with van der Waals surface area (Å²) >= 11 is 0. The first-order chi connectivity index (χ1) is 8.84. The molecule has 0 aliphatic carbocycles. The van der Waals surface area contributed by atoms with Crippen molar-refractivity contribution in [3.05, 3.63) is 23.8 Å². The highest BCUT2D eigenvalue weighted by atomic mass is 16.5. The molecule has 0 aromatic heterocycles. The van der Waals surface area contributed by atoms with E-state index in [1.807, 2.05) is 57.8 Å². The largest absolute Gasteiger partial charge is 0.494 e. The highest BCUT2D eigenvalue weighted by Gasteiger charge is 2.33. The number of aryl methyl sites for hydroxylation is 1. The van der Waals surface area contributed by atoms with Crippen LogP contribution < -0.4 is 9.64 Å². The highest BCUT2D eigenvalue weighted by molar-refractivity contribution is 5.84. The van der Waals surface area contributed by atoms with Gasteiger partial charge in [-0.1, -0.05) is 0 Å². The quantitative estimate of drug-likeness (QED) is 0.767. The number of esters is 1. The standard InChI is InChI=1S/C15H23NO3/c1-7-19-13-9-8-12(10-11(13)2)16(5)15(3,4)14(17)18-6/h8-10H,7H2,1-6H3. The van der Waals surface area contributed by atoms with Gasteiger partial charge < -0.3 is 14.4 Å². The van der Waals surface area contributed by atoms with E-state index in [0.717, 1.165) is 17.0 Å². The summed E-state index contributed by atoms with van der Waals surface area (Å²) in [6, 6.07) is 5.89. The Labute approximate surface area is 115 Å². The number of hydrogen-bond acceptors (Lipinski definition) is 4. The summed E-state index contributed by atoms with van der Waals surface area (Å²) in [4.78, 5) is 13.7. The molecule has 0 radical (unpaired) electrons. The smallest absolute Gasteiger partial charge is 0.331 e. The fourth-order valence-corrected chi connectivity index (χ4v) is 1.87. The van der Waals surface area contributed by atoms with Gasteiger partial charge in [-0.05, 0) is 51.5 Å². The first kappa shape index (κ1) is 15.3. The Morgan fingerprint density at radius 2 is 2.00 bits per heavy atom.